The molecule has 0 aliphatic carbocycles. The summed E-state index contributed by atoms with van der Waals surface area (Å²) >= 11 is 0. The van der Waals surface area contributed by atoms with Crippen LogP contribution in [0.1, 0.15) is 0 Å². The number of furan rings is 2. The summed E-state index contributed by atoms with van der Waals surface area (Å²) in [7, 11) is 0. The monoisotopic (exact) mass is 1000 g/mol. The van der Waals surface area contributed by atoms with E-state index >= 15 is 0 Å². The van der Waals surface area contributed by atoms with Crippen LogP contribution >= 0.6 is 0 Å². The Morgan fingerprint density at radius 2 is 0.620 bits per heavy atom. The molecule has 0 saturated carbocycles. The third-order valence-corrected chi connectivity index (χ3v) is 16.7. The lowest BCUT2D eigenvalue weighted by Gasteiger charge is -2.16. The van der Waals surface area contributed by atoms with Gasteiger partial charge in [0.1, 0.15) is 22.3 Å². The molecular formula is C76H45NO2. The van der Waals surface area contributed by atoms with Crippen molar-refractivity contribution in [3.8, 4) is 72.4 Å². The van der Waals surface area contributed by atoms with E-state index in [1.54, 1.807) is 0 Å². The molecule has 366 valence electrons. The zero-order valence-corrected chi connectivity index (χ0v) is 42.7. The summed E-state index contributed by atoms with van der Waals surface area (Å²) in [5, 5.41) is 14.2. The first-order chi connectivity index (χ1) is 39.1. The van der Waals surface area contributed by atoms with Gasteiger partial charge in [0.05, 0.1) is 16.7 Å². The average molecular weight is 1000 g/mol. The molecule has 3 heterocycles. The quantitative estimate of drug-likeness (QED) is 0.149. The fourth-order valence-electron chi connectivity index (χ4n) is 12.9. The molecule has 0 fully saturated rings. The third-order valence-electron chi connectivity index (χ3n) is 16.7. The van der Waals surface area contributed by atoms with Crippen molar-refractivity contribution in [3.63, 3.8) is 0 Å². The van der Waals surface area contributed by atoms with Crippen LogP contribution in [0.25, 0.3) is 170 Å². The van der Waals surface area contributed by atoms with Crippen LogP contribution < -0.4 is 0 Å². The fourth-order valence-corrected chi connectivity index (χ4v) is 12.9. The molecule has 0 bridgehead atoms. The van der Waals surface area contributed by atoms with Gasteiger partial charge in [-0.15, -0.1) is 0 Å². The van der Waals surface area contributed by atoms with E-state index in [0.29, 0.717) is 0 Å². The first kappa shape index (κ1) is 43.7. The summed E-state index contributed by atoms with van der Waals surface area (Å²) < 4.78 is 16.5. The molecule has 0 unspecified atom stereocenters. The van der Waals surface area contributed by atoms with Gasteiger partial charge in [-0.3, -0.25) is 0 Å². The van der Waals surface area contributed by atoms with E-state index in [4.69, 9.17) is 8.83 Å². The molecule has 0 amide bonds. The molecule has 0 aliphatic rings. The third kappa shape index (κ3) is 6.80. The summed E-state index contributed by atoms with van der Waals surface area (Å²) in [5.74, 6) is 0. The van der Waals surface area contributed by atoms with Gasteiger partial charge in [0.2, 0.25) is 0 Å². The second kappa shape index (κ2) is 17.0. The van der Waals surface area contributed by atoms with Gasteiger partial charge >= 0.3 is 0 Å². The summed E-state index contributed by atoms with van der Waals surface area (Å²) in [4.78, 5) is 0. The highest BCUT2D eigenvalue weighted by Gasteiger charge is 2.23. The van der Waals surface area contributed by atoms with Crippen molar-refractivity contribution >= 4 is 98.0 Å². The lowest BCUT2D eigenvalue weighted by molar-refractivity contribution is 0.669. The Morgan fingerprint density at radius 1 is 0.228 bits per heavy atom. The van der Waals surface area contributed by atoms with Crippen LogP contribution in [0.3, 0.4) is 0 Å². The predicted octanol–water partition coefficient (Wildman–Crippen LogP) is 21.5. The molecule has 3 aromatic heterocycles. The lowest BCUT2D eigenvalue weighted by Crippen LogP contribution is -1.96. The smallest absolute Gasteiger partial charge is 0.143 e. The normalized spacial score (nSPS) is 12.1. The van der Waals surface area contributed by atoms with E-state index in [9.17, 15) is 0 Å². The van der Waals surface area contributed by atoms with E-state index < -0.39 is 0 Å². The summed E-state index contributed by atoms with van der Waals surface area (Å²) in [6.07, 6.45) is 0. The number of fused-ring (bicyclic) bond motifs is 9. The highest BCUT2D eigenvalue weighted by atomic mass is 16.3. The molecule has 0 atom stereocenters. The van der Waals surface area contributed by atoms with E-state index in [0.717, 1.165) is 127 Å². The van der Waals surface area contributed by atoms with E-state index in [-0.39, 0.29) is 0 Å². The van der Waals surface area contributed by atoms with Gasteiger partial charge in [-0.05, 0) is 161 Å². The Labute approximate surface area is 454 Å². The predicted molar refractivity (Wildman–Crippen MR) is 332 cm³/mol. The highest BCUT2D eigenvalue weighted by Crippen LogP contribution is 2.47. The Morgan fingerprint density at radius 3 is 1.10 bits per heavy atom. The van der Waals surface area contributed by atoms with Crippen LogP contribution in [-0.2, 0) is 0 Å². The van der Waals surface area contributed by atoms with Crippen LogP contribution in [0.15, 0.2) is 282 Å². The van der Waals surface area contributed by atoms with Crippen molar-refractivity contribution in [2.45, 2.75) is 0 Å². The minimum atomic E-state index is 0.864. The van der Waals surface area contributed by atoms with E-state index in [2.05, 4.69) is 278 Å². The standard InChI is InChI=1S/C76H45NO2/c1-5-14-46(15-6-1)53-30-36-71-64(38-53)66-44-57(48-18-9-3-10-19-48)42-60(75(66)78-71)55-28-34-69-62(40-55)63-41-56(29-35-70(63)77(69)68-33-27-52-25-24-50-22-13-23-51-26-32-59(68)74(52)73(50)51)61-43-58(49-20-11-4-12-21-49)45-67-65-39-54(47-16-7-2-8-17-47)31-37-72(65)79-76(61)67/h1-45H. The van der Waals surface area contributed by atoms with Crippen molar-refractivity contribution in [1.29, 1.82) is 0 Å². The summed E-state index contributed by atoms with van der Waals surface area (Å²) in [5.41, 5.74) is 20.4. The molecule has 0 N–H and O–H groups in total. The van der Waals surface area contributed by atoms with Crippen LogP contribution in [0.4, 0.5) is 0 Å². The van der Waals surface area contributed by atoms with Crippen molar-refractivity contribution in [2.24, 2.45) is 0 Å². The van der Waals surface area contributed by atoms with Crippen LogP contribution in [0, 0.1) is 0 Å². The molecular weight excluding hydrogens is 959 g/mol. The van der Waals surface area contributed by atoms with Crippen molar-refractivity contribution in [1.82, 2.24) is 4.57 Å². The number of hydrogen-bond acceptors (Lipinski definition) is 2. The first-order valence-electron chi connectivity index (χ1n) is 27.1. The van der Waals surface area contributed by atoms with Gasteiger partial charge in [-0.1, -0.05) is 194 Å². The number of rotatable bonds is 7. The van der Waals surface area contributed by atoms with Crippen LogP contribution in [0.5, 0.6) is 0 Å². The van der Waals surface area contributed by atoms with Crippen molar-refractivity contribution in [2.75, 3.05) is 0 Å². The number of aromatic nitrogens is 1. The van der Waals surface area contributed by atoms with Gasteiger partial charge in [0.25, 0.3) is 0 Å². The fraction of sp³-hybridized carbons (Fsp3) is 0. The summed E-state index contributed by atoms with van der Waals surface area (Å²) in [6, 6.07) is 99.6. The Bertz CT molecular complexity index is 5010. The molecule has 3 nitrogen and oxygen atoms in total. The zero-order valence-electron chi connectivity index (χ0n) is 42.7. The molecule has 79 heavy (non-hydrogen) atoms. The van der Waals surface area contributed by atoms with Gasteiger partial charge in [-0.25, -0.2) is 0 Å². The van der Waals surface area contributed by atoms with Gasteiger partial charge in [0.15, 0.2) is 0 Å². The van der Waals surface area contributed by atoms with Crippen molar-refractivity contribution in [3.05, 3.63) is 273 Å². The van der Waals surface area contributed by atoms with Gasteiger partial charge in [0, 0.05) is 48.8 Å². The minimum absolute atomic E-state index is 0.864. The maximum atomic E-state index is 7.01. The molecule has 3 heteroatoms. The molecule has 0 spiro atoms. The Balaban J connectivity index is 0.941. The maximum Gasteiger partial charge on any atom is 0.143 e. The largest absolute Gasteiger partial charge is 0.455 e. The highest BCUT2D eigenvalue weighted by molar-refractivity contribution is 6.25. The van der Waals surface area contributed by atoms with E-state index in [1.807, 2.05) is 0 Å². The molecule has 0 saturated heterocycles. The van der Waals surface area contributed by atoms with Gasteiger partial charge < -0.3 is 13.4 Å². The molecule has 17 aromatic rings. The lowest BCUT2D eigenvalue weighted by atomic mass is 9.93. The maximum absolute atomic E-state index is 7.01. The first-order valence-corrected chi connectivity index (χ1v) is 27.1. The van der Waals surface area contributed by atoms with Crippen LogP contribution in [-0.4, -0.2) is 4.57 Å². The SMILES string of the molecule is c1ccc(-c2ccc3oc4c(-c5ccc6c(c5)c5cc(-c7cc(-c8ccccc8)cc8c7oc7ccc(-c9ccccc9)cc78)ccc5n6-c5ccc6ccc7cccc8ccc5c6c78)cc(-c5ccccc5)cc4c3c2)cc1. The molecule has 14 aromatic carbocycles. The number of hydrogen-bond donors (Lipinski definition) is 0. The van der Waals surface area contributed by atoms with Crippen LogP contribution in [0.2, 0.25) is 0 Å². The zero-order chi connectivity index (χ0) is 51.7. The van der Waals surface area contributed by atoms with Gasteiger partial charge in [-0.2, -0.15) is 0 Å². The second-order valence-corrected chi connectivity index (χ2v) is 21.1. The van der Waals surface area contributed by atoms with Crippen molar-refractivity contribution < 1.29 is 8.83 Å². The summed E-state index contributed by atoms with van der Waals surface area (Å²) in [6.45, 7) is 0. The molecule has 0 aliphatic heterocycles. The second-order valence-electron chi connectivity index (χ2n) is 21.1. The van der Waals surface area contributed by atoms with E-state index in [1.165, 1.54) is 43.4 Å². The average Bonchev–Trinajstić information content (AvgIpc) is 4.35. The number of nitrogens with zero attached hydrogens (tertiary/aromatic N) is 1. The Hall–Kier alpha value is -10.5. The topological polar surface area (TPSA) is 31.2 Å². The molecule has 0 radical (unpaired) electrons. The minimum Gasteiger partial charge on any atom is -0.455 e. The Kier molecular flexibility index (Phi) is 9.42. The molecule has 17 rings (SSSR count). The number of benzene rings is 14.